The molecule has 0 aliphatic carbocycles. The SMILES string of the molecule is FC(F)(Br)C(F)(Cl)CCCCBr. The predicted octanol–water partition coefficient (Wildman–Crippen LogP) is 4.44. The van der Waals surface area contributed by atoms with Crippen molar-refractivity contribution >= 4 is 43.5 Å². The molecule has 0 aliphatic rings. The van der Waals surface area contributed by atoms with Gasteiger partial charge in [-0.2, -0.15) is 8.78 Å². The molecule has 0 heterocycles. The Kier molecular flexibility index (Phi) is 5.49. The van der Waals surface area contributed by atoms with Crippen LogP contribution in [0.3, 0.4) is 0 Å². The van der Waals surface area contributed by atoms with Crippen molar-refractivity contribution in [1.82, 2.24) is 0 Å². The van der Waals surface area contributed by atoms with Gasteiger partial charge in [0.05, 0.1) is 0 Å². The molecule has 0 fully saturated rings. The quantitative estimate of drug-likeness (QED) is 0.516. The van der Waals surface area contributed by atoms with E-state index < -0.39 is 9.96 Å². The lowest BCUT2D eigenvalue weighted by Crippen LogP contribution is -2.33. The zero-order valence-corrected chi connectivity index (χ0v) is 10.0. The maximum Gasteiger partial charge on any atom is 0.348 e. The van der Waals surface area contributed by atoms with Crippen LogP contribution in [0.5, 0.6) is 0 Å². The zero-order chi connectivity index (χ0) is 9.83. The Morgan fingerprint density at radius 2 is 1.67 bits per heavy atom. The van der Waals surface area contributed by atoms with Crippen LogP contribution in [0.25, 0.3) is 0 Å². The highest BCUT2D eigenvalue weighted by molar-refractivity contribution is 9.10. The van der Waals surface area contributed by atoms with Gasteiger partial charge in [-0.15, -0.1) is 0 Å². The van der Waals surface area contributed by atoms with Crippen LogP contribution < -0.4 is 0 Å². The van der Waals surface area contributed by atoms with E-state index in [0.29, 0.717) is 18.2 Å². The van der Waals surface area contributed by atoms with E-state index in [9.17, 15) is 13.2 Å². The minimum absolute atomic E-state index is 0.326. The van der Waals surface area contributed by atoms with Crippen molar-refractivity contribution in [2.75, 3.05) is 5.33 Å². The summed E-state index contributed by atoms with van der Waals surface area (Å²) in [5.41, 5.74) is 0. The smallest absolute Gasteiger partial charge is 0.218 e. The molecule has 0 saturated carbocycles. The van der Waals surface area contributed by atoms with Crippen molar-refractivity contribution in [3.8, 4) is 0 Å². The van der Waals surface area contributed by atoms with Crippen LogP contribution in [-0.4, -0.2) is 15.3 Å². The van der Waals surface area contributed by atoms with E-state index in [1.54, 1.807) is 0 Å². The first kappa shape index (κ1) is 13.0. The first-order valence-corrected chi connectivity index (χ1v) is 5.61. The van der Waals surface area contributed by atoms with Gasteiger partial charge in [0.25, 0.3) is 5.13 Å². The van der Waals surface area contributed by atoms with Crippen LogP contribution in [-0.2, 0) is 0 Å². The second-order valence-electron chi connectivity index (χ2n) is 2.35. The third-order valence-electron chi connectivity index (χ3n) is 1.29. The summed E-state index contributed by atoms with van der Waals surface area (Å²) in [7, 11) is 0. The normalized spacial score (nSPS) is 17.5. The number of rotatable bonds is 5. The summed E-state index contributed by atoms with van der Waals surface area (Å²) >= 11 is 9.97. The fourth-order valence-corrected chi connectivity index (χ4v) is 1.31. The number of unbranched alkanes of at least 4 members (excludes halogenated alkanes) is 1. The largest absolute Gasteiger partial charge is 0.348 e. The summed E-state index contributed by atoms with van der Waals surface area (Å²) in [4.78, 5) is -3.66. The van der Waals surface area contributed by atoms with E-state index in [1.165, 1.54) is 0 Å². The summed E-state index contributed by atoms with van der Waals surface area (Å²) in [6.07, 6.45) is 0.590. The van der Waals surface area contributed by atoms with Gasteiger partial charge in [-0.25, -0.2) is 4.39 Å². The van der Waals surface area contributed by atoms with Gasteiger partial charge >= 0.3 is 4.83 Å². The van der Waals surface area contributed by atoms with Crippen molar-refractivity contribution in [2.24, 2.45) is 0 Å². The summed E-state index contributed by atoms with van der Waals surface area (Å²) < 4.78 is 37.5. The van der Waals surface area contributed by atoms with Crippen LogP contribution in [0.15, 0.2) is 0 Å². The lowest BCUT2D eigenvalue weighted by atomic mass is 10.2. The fraction of sp³-hybridized carbons (Fsp3) is 1.00. The fourth-order valence-electron chi connectivity index (χ4n) is 0.583. The summed E-state index contributed by atoms with van der Waals surface area (Å²) in [5.74, 6) is 0. The van der Waals surface area contributed by atoms with Gasteiger partial charge in [0.2, 0.25) is 0 Å². The topological polar surface area (TPSA) is 0 Å². The number of hydrogen-bond acceptors (Lipinski definition) is 0. The Morgan fingerprint density at radius 3 is 2.00 bits per heavy atom. The maximum atomic E-state index is 12.9. The summed E-state index contributed by atoms with van der Waals surface area (Å²) in [6.45, 7) is 0. The standard InChI is InChI=1S/C6H8Br2ClF3/c7-4-2-1-3-5(9,10)6(8,11)12/h1-4H2. The summed E-state index contributed by atoms with van der Waals surface area (Å²) in [5, 5.41) is -2.32. The van der Waals surface area contributed by atoms with Crippen LogP contribution in [0.1, 0.15) is 19.3 Å². The highest BCUT2D eigenvalue weighted by Crippen LogP contribution is 2.44. The molecule has 0 N–H and O–H groups in total. The maximum absolute atomic E-state index is 12.9. The van der Waals surface area contributed by atoms with Crippen LogP contribution in [0.2, 0.25) is 0 Å². The molecule has 0 radical (unpaired) electrons. The van der Waals surface area contributed by atoms with E-state index in [-0.39, 0.29) is 6.42 Å². The second-order valence-corrected chi connectivity index (χ2v) is 4.74. The minimum Gasteiger partial charge on any atom is -0.218 e. The van der Waals surface area contributed by atoms with Gasteiger partial charge in [-0.05, 0) is 28.8 Å². The van der Waals surface area contributed by atoms with E-state index in [2.05, 4.69) is 15.9 Å². The Labute approximate surface area is 91.1 Å². The summed E-state index contributed by atoms with van der Waals surface area (Å²) in [6, 6.07) is 0. The molecule has 0 aliphatic heterocycles. The molecule has 0 nitrogen and oxygen atoms in total. The Hall–Kier alpha value is 1.04. The van der Waals surface area contributed by atoms with Crippen molar-refractivity contribution in [3.05, 3.63) is 0 Å². The molecule has 12 heavy (non-hydrogen) atoms. The molecule has 0 aromatic carbocycles. The van der Waals surface area contributed by atoms with Crippen LogP contribution >= 0.6 is 43.5 Å². The average Bonchev–Trinajstić information content (AvgIpc) is 1.85. The lowest BCUT2D eigenvalue weighted by molar-refractivity contribution is -0.0104. The monoisotopic (exact) mass is 330 g/mol. The molecule has 0 aromatic heterocycles. The number of alkyl halides is 6. The molecule has 0 rings (SSSR count). The van der Waals surface area contributed by atoms with Gasteiger partial charge < -0.3 is 0 Å². The van der Waals surface area contributed by atoms with Gasteiger partial charge in [0, 0.05) is 11.8 Å². The van der Waals surface area contributed by atoms with Crippen molar-refractivity contribution in [2.45, 2.75) is 29.2 Å². The molecular weight excluding hydrogens is 324 g/mol. The Balaban J connectivity index is 3.88. The number of halogens is 6. The van der Waals surface area contributed by atoms with E-state index in [4.69, 9.17) is 11.6 Å². The molecule has 0 amide bonds. The van der Waals surface area contributed by atoms with Crippen molar-refractivity contribution < 1.29 is 13.2 Å². The van der Waals surface area contributed by atoms with Crippen LogP contribution in [0, 0.1) is 0 Å². The molecule has 6 heteroatoms. The predicted molar refractivity (Wildman–Crippen MR) is 51.2 cm³/mol. The second kappa shape index (κ2) is 5.05. The lowest BCUT2D eigenvalue weighted by Gasteiger charge is -2.22. The van der Waals surface area contributed by atoms with Gasteiger partial charge in [0.15, 0.2) is 0 Å². The number of hydrogen-bond donors (Lipinski definition) is 0. The molecule has 0 saturated heterocycles. The third-order valence-corrected chi connectivity index (χ3v) is 3.13. The molecule has 0 bridgehead atoms. The van der Waals surface area contributed by atoms with Gasteiger partial charge in [-0.3, -0.25) is 0 Å². The Bertz CT molecular complexity index is 135. The minimum atomic E-state index is -3.66. The van der Waals surface area contributed by atoms with Crippen molar-refractivity contribution in [3.63, 3.8) is 0 Å². The van der Waals surface area contributed by atoms with Gasteiger partial charge in [0.1, 0.15) is 0 Å². The van der Waals surface area contributed by atoms with Crippen LogP contribution in [0.4, 0.5) is 13.2 Å². The van der Waals surface area contributed by atoms with Gasteiger partial charge in [-0.1, -0.05) is 27.5 Å². The molecule has 74 valence electrons. The van der Waals surface area contributed by atoms with E-state index in [0.717, 1.165) is 0 Å². The Morgan fingerprint density at radius 1 is 1.17 bits per heavy atom. The molecule has 0 spiro atoms. The molecular formula is C6H8Br2ClF3. The molecule has 1 unspecified atom stereocenters. The van der Waals surface area contributed by atoms with E-state index in [1.807, 2.05) is 15.9 Å². The molecule has 0 aromatic rings. The van der Waals surface area contributed by atoms with E-state index >= 15 is 0 Å². The first-order valence-electron chi connectivity index (χ1n) is 3.32. The first-order chi connectivity index (χ1) is 5.31. The average molecular weight is 332 g/mol. The van der Waals surface area contributed by atoms with Crippen molar-refractivity contribution in [1.29, 1.82) is 0 Å². The molecule has 1 atom stereocenters. The third kappa shape index (κ3) is 4.33. The highest BCUT2D eigenvalue weighted by atomic mass is 79.9. The zero-order valence-electron chi connectivity index (χ0n) is 6.10. The highest BCUT2D eigenvalue weighted by Gasteiger charge is 2.50.